The number of aryl methyl sites for hydroxylation is 3. The molecule has 0 aliphatic carbocycles. The van der Waals surface area contributed by atoms with Crippen LogP contribution in [0.25, 0.3) is 11.1 Å². The first kappa shape index (κ1) is 7.35. The van der Waals surface area contributed by atoms with Crippen molar-refractivity contribution in [3.63, 3.8) is 0 Å². The predicted molar refractivity (Wildman–Crippen MR) is 48.2 cm³/mol. The van der Waals surface area contributed by atoms with Crippen molar-refractivity contribution in [1.29, 1.82) is 0 Å². The highest BCUT2D eigenvalue weighted by Gasteiger charge is 2.06. The molecule has 2 aromatic heterocycles. The molecule has 0 saturated carbocycles. The Morgan fingerprint density at radius 2 is 1.92 bits per heavy atom. The molecule has 2 heterocycles. The van der Waals surface area contributed by atoms with E-state index < -0.39 is 0 Å². The van der Waals surface area contributed by atoms with E-state index >= 15 is 0 Å². The molecule has 0 aliphatic heterocycles. The highest BCUT2D eigenvalue weighted by atomic mass is 16.3. The fourth-order valence-corrected chi connectivity index (χ4v) is 1.31. The second kappa shape index (κ2) is 2.34. The minimum Gasteiger partial charge on any atom is -0.443 e. The molecule has 0 spiro atoms. The Kier molecular flexibility index (Phi) is 1.43. The summed E-state index contributed by atoms with van der Waals surface area (Å²) >= 11 is 0. The lowest BCUT2D eigenvalue weighted by Gasteiger charge is -1.90. The molecule has 0 amide bonds. The standard InChI is InChI=1S/C10H11NO/c1-6-4-5-9-7(2)8(3)12-10(9)11-6/h4-5H,1-3H3. The zero-order valence-electron chi connectivity index (χ0n) is 7.51. The zero-order chi connectivity index (χ0) is 8.72. The smallest absolute Gasteiger partial charge is 0.226 e. The van der Waals surface area contributed by atoms with Gasteiger partial charge < -0.3 is 4.42 Å². The maximum atomic E-state index is 5.47. The molecule has 2 nitrogen and oxygen atoms in total. The minimum atomic E-state index is 0.755. The molecule has 0 atom stereocenters. The Bertz CT molecular complexity index is 429. The second-order valence-corrected chi connectivity index (χ2v) is 3.09. The van der Waals surface area contributed by atoms with Crippen LogP contribution < -0.4 is 0 Å². The van der Waals surface area contributed by atoms with Crippen LogP contribution in [-0.2, 0) is 0 Å². The summed E-state index contributed by atoms with van der Waals surface area (Å²) in [5.41, 5.74) is 2.94. The van der Waals surface area contributed by atoms with Crippen molar-refractivity contribution in [1.82, 2.24) is 4.98 Å². The zero-order valence-corrected chi connectivity index (χ0v) is 7.51. The van der Waals surface area contributed by atoms with Crippen LogP contribution in [0.1, 0.15) is 17.0 Å². The third kappa shape index (κ3) is 0.916. The van der Waals surface area contributed by atoms with Crippen LogP contribution in [0.15, 0.2) is 16.5 Å². The van der Waals surface area contributed by atoms with Gasteiger partial charge in [0.05, 0.1) is 0 Å². The van der Waals surface area contributed by atoms with Crippen LogP contribution in [0.5, 0.6) is 0 Å². The number of hydrogen-bond acceptors (Lipinski definition) is 2. The lowest BCUT2D eigenvalue weighted by atomic mass is 10.2. The Hall–Kier alpha value is -1.31. The van der Waals surface area contributed by atoms with Crippen LogP contribution in [-0.4, -0.2) is 4.98 Å². The fourth-order valence-electron chi connectivity index (χ4n) is 1.31. The van der Waals surface area contributed by atoms with Crippen LogP contribution in [0.3, 0.4) is 0 Å². The quantitative estimate of drug-likeness (QED) is 0.593. The highest BCUT2D eigenvalue weighted by molar-refractivity contribution is 5.78. The molecule has 0 aromatic carbocycles. The van der Waals surface area contributed by atoms with E-state index in [0.717, 1.165) is 22.6 Å². The van der Waals surface area contributed by atoms with Gasteiger partial charge in [0.25, 0.3) is 0 Å². The van der Waals surface area contributed by atoms with E-state index in [1.54, 1.807) is 0 Å². The van der Waals surface area contributed by atoms with Gasteiger partial charge in [-0.25, -0.2) is 4.98 Å². The molecule has 0 N–H and O–H groups in total. The molecule has 62 valence electrons. The maximum absolute atomic E-state index is 5.47. The van der Waals surface area contributed by atoms with E-state index in [0.29, 0.717) is 0 Å². The molecular weight excluding hydrogens is 150 g/mol. The summed E-state index contributed by atoms with van der Waals surface area (Å²) in [6.07, 6.45) is 0. The van der Waals surface area contributed by atoms with Crippen molar-refractivity contribution in [3.8, 4) is 0 Å². The van der Waals surface area contributed by atoms with Crippen molar-refractivity contribution >= 4 is 11.1 Å². The second-order valence-electron chi connectivity index (χ2n) is 3.09. The van der Waals surface area contributed by atoms with Crippen LogP contribution >= 0.6 is 0 Å². The van der Waals surface area contributed by atoms with Crippen LogP contribution in [0.4, 0.5) is 0 Å². The monoisotopic (exact) mass is 161 g/mol. The molecule has 2 aromatic rings. The number of nitrogens with zero attached hydrogens (tertiary/aromatic N) is 1. The third-order valence-corrected chi connectivity index (χ3v) is 2.18. The SMILES string of the molecule is Cc1ccc2c(C)c(C)oc2n1. The van der Waals surface area contributed by atoms with Crippen molar-refractivity contribution in [2.24, 2.45) is 0 Å². The van der Waals surface area contributed by atoms with E-state index in [-0.39, 0.29) is 0 Å². The largest absolute Gasteiger partial charge is 0.443 e. The first-order valence-corrected chi connectivity index (χ1v) is 4.02. The summed E-state index contributed by atoms with van der Waals surface area (Å²) in [5, 5.41) is 1.12. The van der Waals surface area contributed by atoms with Gasteiger partial charge in [0, 0.05) is 11.1 Å². The topological polar surface area (TPSA) is 26.0 Å². The van der Waals surface area contributed by atoms with Gasteiger partial charge in [-0.15, -0.1) is 0 Å². The molecule has 12 heavy (non-hydrogen) atoms. The Labute approximate surface area is 71.2 Å². The lowest BCUT2D eigenvalue weighted by Crippen LogP contribution is -1.78. The molecule has 2 rings (SSSR count). The number of hydrogen-bond donors (Lipinski definition) is 0. The summed E-state index contributed by atoms with van der Waals surface area (Å²) in [6, 6.07) is 4.06. The molecule has 0 radical (unpaired) electrons. The van der Waals surface area contributed by atoms with Crippen molar-refractivity contribution < 1.29 is 4.42 Å². The van der Waals surface area contributed by atoms with Gasteiger partial charge in [0.2, 0.25) is 5.71 Å². The van der Waals surface area contributed by atoms with Gasteiger partial charge >= 0.3 is 0 Å². The first-order chi connectivity index (χ1) is 5.68. The number of furan rings is 1. The van der Waals surface area contributed by atoms with Crippen molar-refractivity contribution in [2.75, 3.05) is 0 Å². The predicted octanol–water partition coefficient (Wildman–Crippen LogP) is 2.75. The van der Waals surface area contributed by atoms with Crippen LogP contribution in [0, 0.1) is 20.8 Å². The lowest BCUT2D eigenvalue weighted by molar-refractivity contribution is 0.563. The van der Waals surface area contributed by atoms with E-state index in [2.05, 4.69) is 18.0 Å². The molecule has 0 fully saturated rings. The van der Waals surface area contributed by atoms with Gasteiger partial charge in [0.1, 0.15) is 5.76 Å². The molecular formula is C10H11NO. The van der Waals surface area contributed by atoms with E-state index in [4.69, 9.17) is 4.42 Å². The first-order valence-electron chi connectivity index (χ1n) is 4.02. The Morgan fingerprint density at radius 3 is 2.67 bits per heavy atom. The summed E-state index contributed by atoms with van der Waals surface area (Å²) in [4.78, 5) is 4.29. The fraction of sp³-hybridized carbons (Fsp3) is 0.300. The summed E-state index contributed by atoms with van der Waals surface area (Å²) in [7, 11) is 0. The van der Waals surface area contributed by atoms with Gasteiger partial charge in [-0.3, -0.25) is 0 Å². The average molecular weight is 161 g/mol. The highest BCUT2D eigenvalue weighted by Crippen LogP contribution is 2.22. The summed E-state index contributed by atoms with van der Waals surface area (Å²) in [5.74, 6) is 0.961. The molecule has 0 unspecified atom stereocenters. The normalized spacial score (nSPS) is 10.9. The van der Waals surface area contributed by atoms with Gasteiger partial charge in [-0.1, -0.05) is 0 Å². The summed E-state index contributed by atoms with van der Waals surface area (Å²) in [6.45, 7) is 5.98. The third-order valence-electron chi connectivity index (χ3n) is 2.18. The average Bonchev–Trinajstić information content (AvgIpc) is 2.28. The Morgan fingerprint density at radius 1 is 1.17 bits per heavy atom. The van der Waals surface area contributed by atoms with Crippen molar-refractivity contribution in [3.05, 3.63) is 29.2 Å². The van der Waals surface area contributed by atoms with Gasteiger partial charge in [0.15, 0.2) is 0 Å². The van der Waals surface area contributed by atoms with E-state index in [9.17, 15) is 0 Å². The number of rotatable bonds is 0. The maximum Gasteiger partial charge on any atom is 0.226 e. The van der Waals surface area contributed by atoms with E-state index in [1.165, 1.54) is 5.56 Å². The summed E-state index contributed by atoms with van der Waals surface area (Å²) < 4.78 is 5.47. The number of pyridine rings is 1. The van der Waals surface area contributed by atoms with E-state index in [1.807, 2.05) is 19.9 Å². The molecule has 0 aliphatic rings. The van der Waals surface area contributed by atoms with Crippen LogP contribution in [0.2, 0.25) is 0 Å². The van der Waals surface area contributed by atoms with Gasteiger partial charge in [-0.05, 0) is 38.5 Å². The molecule has 0 bridgehead atoms. The molecule has 0 saturated heterocycles. The van der Waals surface area contributed by atoms with Gasteiger partial charge in [-0.2, -0.15) is 0 Å². The minimum absolute atomic E-state index is 0.755. The molecule has 2 heteroatoms. The number of aromatic nitrogens is 1. The Balaban J connectivity index is 2.87. The number of fused-ring (bicyclic) bond motifs is 1. The van der Waals surface area contributed by atoms with Crippen molar-refractivity contribution in [2.45, 2.75) is 20.8 Å².